The fourth-order valence-corrected chi connectivity index (χ4v) is 1.15. The Bertz CT molecular complexity index is 461. The number of nitrogens with zero attached hydrogens (tertiary/aromatic N) is 1. The Morgan fingerprint density at radius 1 is 1.62 bits per heavy atom. The van der Waals surface area contributed by atoms with Crippen molar-refractivity contribution in [2.24, 2.45) is 0 Å². The Balaban J connectivity index is 3.00. The van der Waals surface area contributed by atoms with Gasteiger partial charge < -0.3 is 4.74 Å². The van der Waals surface area contributed by atoms with Crippen molar-refractivity contribution in [3.8, 4) is 6.07 Å². The summed E-state index contributed by atoms with van der Waals surface area (Å²) in [6.07, 6.45) is 3.19. The molecule has 4 heteroatoms. The third-order valence-corrected chi connectivity index (χ3v) is 1.92. The fraction of sp³-hybridized carbons (Fsp3) is 0.167. The van der Waals surface area contributed by atoms with Gasteiger partial charge in [-0.05, 0) is 18.2 Å². The van der Waals surface area contributed by atoms with Crippen LogP contribution in [0.15, 0.2) is 24.3 Å². The molecule has 0 unspecified atom stereocenters. The van der Waals surface area contributed by atoms with Crippen molar-refractivity contribution < 1.29 is 13.9 Å². The highest BCUT2D eigenvalue weighted by molar-refractivity contribution is 5.90. The summed E-state index contributed by atoms with van der Waals surface area (Å²) in [6.45, 7) is 0. The molecule has 16 heavy (non-hydrogen) atoms. The van der Waals surface area contributed by atoms with Crippen molar-refractivity contribution in [3.05, 3.63) is 41.2 Å². The molecular weight excluding hydrogens is 209 g/mol. The number of hydrogen-bond donors (Lipinski definition) is 0. The Hall–Kier alpha value is -2.15. The van der Waals surface area contributed by atoms with Gasteiger partial charge in [0.15, 0.2) is 0 Å². The quantitative estimate of drug-likeness (QED) is 0.734. The lowest BCUT2D eigenvalue weighted by Gasteiger charge is -2.01. The number of halogens is 1. The molecule has 0 heterocycles. The highest BCUT2D eigenvalue weighted by Gasteiger charge is 2.07. The summed E-state index contributed by atoms with van der Waals surface area (Å²) in [4.78, 5) is 11.2. The standard InChI is InChI=1S/C12H10FNO2/c1-16-12(15)10-5-6-11(13)9(8-10)4-2-3-7-14/h2,4-6,8H,3H2,1H3. The van der Waals surface area contributed by atoms with Crippen molar-refractivity contribution in [2.45, 2.75) is 6.42 Å². The molecule has 0 aliphatic heterocycles. The molecule has 0 saturated heterocycles. The summed E-state index contributed by atoms with van der Waals surface area (Å²) in [6, 6.07) is 5.83. The number of benzene rings is 1. The second-order valence-corrected chi connectivity index (χ2v) is 2.99. The molecule has 3 nitrogen and oxygen atoms in total. The number of carbonyl (C=O) groups excluding carboxylic acids is 1. The predicted molar refractivity (Wildman–Crippen MR) is 57.0 cm³/mol. The van der Waals surface area contributed by atoms with E-state index in [0.29, 0.717) is 0 Å². The van der Waals surface area contributed by atoms with E-state index in [1.165, 1.54) is 37.5 Å². The van der Waals surface area contributed by atoms with Gasteiger partial charge >= 0.3 is 5.97 Å². The zero-order valence-electron chi connectivity index (χ0n) is 8.74. The highest BCUT2D eigenvalue weighted by Crippen LogP contribution is 2.13. The smallest absolute Gasteiger partial charge is 0.337 e. The van der Waals surface area contributed by atoms with E-state index < -0.39 is 11.8 Å². The fourth-order valence-electron chi connectivity index (χ4n) is 1.15. The summed E-state index contributed by atoms with van der Waals surface area (Å²) in [5.74, 6) is -0.961. The van der Waals surface area contributed by atoms with Crippen molar-refractivity contribution >= 4 is 12.0 Å². The first-order valence-electron chi connectivity index (χ1n) is 4.60. The van der Waals surface area contributed by atoms with E-state index in [2.05, 4.69) is 4.74 Å². The molecule has 1 aromatic rings. The van der Waals surface area contributed by atoms with Crippen molar-refractivity contribution in [2.75, 3.05) is 7.11 Å². The first-order chi connectivity index (χ1) is 7.69. The molecule has 0 fully saturated rings. The zero-order valence-corrected chi connectivity index (χ0v) is 8.74. The largest absolute Gasteiger partial charge is 0.465 e. The highest BCUT2D eigenvalue weighted by atomic mass is 19.1. The summed E-state index contributed by atoms with van der Waals surface area (Å²) >= 11 is 0. The Labute approximate surface area is 92.8 Å². The minimum absolute atomic E-state index is 0.196. The number of carbonyl (C=O) groups is 1. The van der Waals surface area contributed by atoms with Gasteiger partial charge in [0.05, 0.1) is 25.2 Å². The van der Waals surface area contributed by atoms with E-state index in [1.807, 2.05) is 6.07 Å². The summed E-state index contributed by atoms with van der Waals surface area (Å²) in [5.41, 5.74) is 0.540. The molecule has 1 rings (SSSR count). The maximum Gasteiger partial charge on any atom is 0.337 e. The van der Waals surface area contributed by atoms with Gasteiger partial charge in [0.2, 0.25) is 0 Å². The molecule has 0 atom stereocenters. The van der Waals surface area contributed by atoms with Gasteiger partial charge in [0.25, 0.3) is 0 Å². The monoisotopic (exact) mass is 219 g/mol. The van der Waals surface area contributed by atoms with Gasteiger partial charge in [-0.1, -0.05) is 12.2 Å². The number of esters is 1. The van der Waals surface area contributed by atoms with E-state index in [4.69, 9.17) is 5.26 Å². The number of nitriles is 1. The predicted octanol–water partition coefficient (Wildman–Crippen LogP) is 2.54. The van der Waals surface area contributed by atoms with E-state index >= 15 is 0 Å². The van der Waals surface area contributed by atoms with Gasteiger partial charge in [-0.25, -0.2) is 9.18 Å². The lowest BCUT2D eigenvalue weighted by atomic mass is 10.1. The van der Waals surface area contributed by atoms with Crippen LogP contribution >= 0.6 is 0 Å². The molecule has 82 valence electrons. The molecule has 0 aromatic heterocycles. The maximum absolute atomic E-state index is 13.3. The normalized spacial score (nSPS) is 10.1. The summed E-state index contributed by atoms with van der Waals surface area (Å²) < 4.78 is 17.8. The number of ether oxygens (including phenoxy) is 1. The molecule has 0 N–H and O–H groups in total. The maximum atomic E-state index is 13.3. The van der Waals surface area contributed by atoms with Gasteiger partial charge in [0.1, 0.15) is 5.82 Å². The SMILES string of the molecule is COC(=O)c1ccc(F)c(C=CCC#N)c1. The molecule has 0 amide bonds. The van der Waals surface area contributed by atoms with Gasteiger partial charge in [-0.3, -0.25) is 0 Å². The van der Waals surface area contributed by atoms with Crippen LogP contribution in [0.4, 0.5) is 4.39 Å². The lowest BCUT2D eigenvalue weighted by Crippen LogP contribution is -2.01. The molecule has 0 saturated carbocycles. The Morgan fingerprint density at radius 2 is 2.38 bits per heavy atom. The topological polar surface area (TPSA) is 50.1 Å². The Kier molecular flexibility index (Phi) is 4.22. The van der Waals surface area contributed by atoms with Crippen LogP contribution in [0.5, 0.6) is 0 Å². The van der Waals surface area contributed by atoms with Gasteiger partial charge in [-0.2, -0.15) is 5.26 Å². The van der Waals surface area contributed by atoms with Gasteiger partial charge in [-0.15, -0.1) is 0 Å². The van der Waals surface area contributed by atoms with Crippen LogP contribution in [0.1, 0.15) is 22.3 Å². The minimum atomic E-state index is -0.519. The van der Waals surface area contributed by atoms with Crippen LogP contribution in [-0.2, 0) is 4.74 Å². The van der Waals surface area contributed by atoms with E-state index in [1.54, 1.807) is 0 Å². The molecule has 0 aliphatic carbocycles. The van der Waals surface area contributed by atoms with Crippen LogP contribution < -0.4 is 0 Å². The minimum Gasteiger partial charge on any atom is -0.465 e. The summed E-state index contributed by atoms with van der Waals surface area (Å²) in [7, 11) is 1.26. The molecule has 0 radical (unpaired) electrons. The van der Waals surface area contributed by atoms with E-state index in [9.17, 15) is 9.18 Å². The zero-order chi connectivity index (χ0) is 12.0. The second kappa shape index (κ2) is 5.66. The van der Waals surface area contributed by atoms with Crippen molar-refractivity contribution in [3.63, 3.8) is 0 Å². The average molecular weight is 219 g/mol. The van der Waals surface area contributed by atoms with E-state index in [-0.39, 0.29) is 17.5 Å². The Morgan fingerprint density at radius 3 is 3.00 bits per heavy atom. The number of hydrogen-bond acceptors (Lipinski definition) is 3. The van der Waals surface area contributed by atoms with E-state index in [0.717, 1.165) is 0 Å². The van der Waals surface area contributed by atoms with Gasteiger partial charge in [0, 0.05) is 5.56 Å². The number of allylic oxidation sites excluding steroid dienone is 1. The molecule has 1 aromatic carbocycles. The average Bonchev–Trinajstić information content (AvgIpc) is 2.31. The third kappa shape index (κ3) is 2.92. The first-order valence-corrected chi connectivity index (χ1v) is 4.60. The molecule has 0 spiro atoms. The van der Waals surface area contributed by atoms with Crippen LogP contribution in [0.3, 0.4) is 0 Å². The number of methoxy groups -OCH3 is 1. The van der Waals surface area contributed by atoms with Crippen molar-refractivity contribution in [1.29, 1.82) is 5.26 Å². The third-order valence-electron chi connectivity index (χ3n) is 1.92. The second-order valence-electron chi connectivity index (χ2n) is 2.99. The first kappa shape index (κ1) is 11.9. The number of rotatable bonds is 3. The molecule has 0 bridgehead atoms. The van der Waals surface area contributed by atoms with Crippen LogP contribution in [0, 0.1) is 17.1 Å². The van der Waals surface area contributed by atoms with Crippen LogP contribution in [-0.4, -0.2) is 13.1 Å². The van der Waals surface area contributed by atoms with Crippen LogP contribution in [0.25, 0.3) is 6.08 Å². The lowest BCUT2D eigenvalue weighted by molar-refractivity contribution is 0.0600. The summed E-state index contributed by atoms with van der Waals surface area (Å²) in [5, 5.41) is 8.33. The van der Waals surface area contributed by atoms with Crippen molar-refractivity contribution in [1.82, 2.24) is 0 Å². The molecule has 0 aliphatic rings. The molecular formula is C12H10FNO2. The van der Waals surface area contributed by atoms with Crippen LogP contribution in [0.2, 0.25) is 0 Å².